The Morgan fingerprint density at radius 3 is 2.45 bits per heavy atom. The van der Waals surface area contributed by atoms with E-state index in [1.54, 1.807) is 36.4 Å². The smallest absolute Gasteiger partial charge is 0.322 e. The number of methoxy groups -OCH3 is 1. The Labute approximate surface area is 232 Å². The number of hydrogen-bond donors (Lipinski definition) is 2. The summed E-state index contributed by atoms with van der Waals surface area (Å²) in [4.78, 5) is 57.3. The molecule has 0 saturated carbocycles. The van der Waals surface area contributed by atoms with Gasteiger partial charge in [0.15, 0.2) is 5.54 Å². The number of hydrogen-bond acceptors (Lipinski definition) is 7. The Morgan fingerprint density at radius 1 is 1.02 bits per heavy atom. The number of amides is 5. The zero-order valence-corrected chi connectivity index (χ0v) is 23.1. The molecule has 4 heterocycles. The van der Waals surface area contributed by atoms with Crippen LogP contribution in [-0.4, -0.2) is 85.3 Å². The van der Waals surface area contributed by atoms with E-state index in [9.17, 15) is 19.2 Å². The second kappa shape index (κ2) is 10.6. The highest BCUT2D eigenvalue weighted by molar-refractivity contribution is 6.08. The van der Waals surface area contributed by atoms with Crippen molar-refractivity contribution in [2.24, 2.45) is 0 Å². The summed E-state index contributed by atoms with van der Waals surface area (Å²) in [5.74, 6) is -0.239. The van der Waals surface area contributed by atoms with Crippen LogP contribution in [0.25, 0.3) is 11.0 Å². The highest BCUT2D eigenvalue weighted by atomic mass is 16.5. The van der Waals surface area contributed by atoms with Gasteiger partial charge in [-0.05, 0) is 42.9 Å². The molecule has 11 nitrogen and oxygen atoms in total. The molecule has 11 heteroatoms. The first-order chi connectivity index (χ1) is 19.3. The van der Waals surface area contributed by atoms with E-state index >= 15 is 0 Å². The van der Waals surface area contributed by atoms with Gasteiger partial charge in [0, 0.05) is 49.2 Å². The van der Waals surface area contributed by atoms with Crippen LogP contribution in [0, 0.1) is 0 Å². The van der Waals surface area contributed by atoms with Crippen molar-refractivity contribution in [3.8, 4) is 5.75 Å². The maximum atomic E-state index is 13.2. The second-order valence-corrected chi connectivity index (χ2v) is 9.96. The molecule has 0 unspecified atom stereocenters. The minimum atomic E-state index is -1.63. The Kier molecular flexibility index (Phi) is 7.24. The van der Waals surface area contributed by atoms with E-state index < -0.39 is 17.5 Å². The van der Waals surface area contributed by atoms with Crippen molar-refractivity contribution in [3.05, 3.63) is 64.9 Å². The molecule has 0 radical (unpaired) electrons. The lowest BCUT2D eigenvalue weighted by atomic mass is 9.95. The van der Waals surface area contributed by atoms with Gasteiger partial charge in [-0.3, -0.25) is 19.7 Å². The van der Waals surface area contributed by atoms with Crippen molar-refractivity contribution in [2.75, 3.05) is 46.9 Å². The summed E-state index contributed by atoms with van der Waals surface area (Å²) in [5, 5.41) is 5.65. The van der Waals surface area contributed by atoms with Gasteiger partial charge in [0.2, 0.25) is 0 Å². The fourth-order valence-electron chi connectivity index (χ4n) is 5.30. The Balaban J connectivity index is 0.00000158. The molecule has 2 N–H and O–H groups in total. The van der Waals surface area contributed by atoms with Gasteiger partial charge in [-0.15, -0.1) is 0 Å². The molecule has 2 aromatic carbocycles. The van der Waals surface area contributed by atoms with Crippen molar-refractivity contribution in [3.63, 3.8) is 0 Å². The molecule has 2 saturated heterocycles. The first-order valence-electron chi connectivity index (χ1n) is 13.4. The molecule has 3 aromatic rings. The molecule has 40 heavy (non-hydrogen) atoms. The van der Waals surface area contributed by atoms with E-state index in [0.29, 0.717) is 40.9 Å². The summed E-state index contributed by atoms with van der Waals surface area (Å²) < 4.78 is 11.4. The number of rotatable bonds is 5. The molecular weight excluding hydrogens is 514 g/mol. The Bertz CT molecular complexity index is 1490. The van der Waals surface area contributed by atoms with E-state index in [4.69, 9.17) is 9.15 Å². The normalized spacial score (nSPS) is 20.6. The monoisotopic (exact) mass is 547 g/mol. The largest absolute Gasteiger partial charge is 0.497 e. The van der Waals surface area contributed by atoms with Crippen molar-refractivity contribution in [1.29, 1.82) is 0 Å². The van der Waals surface area contributed by atoms with Crippen molar-refractivity contribution in [1.82, 2.24) is 25.3 Å². The number of nitrogens with one attached hydrogen (secondary N) is 2. The molecule has 1 atom stereocenters. The predicted octanol–water partition coefficient (Wildman–Crippen LogP) is 2.55. The van der Waals surface area contributed by atoms with Gasteiger partial charge >= 0.3 is 6.03 Å². The van der Waals surface area contributed by atoms with E-state index in [2.05, 4.69) is 15.5 Å². The minimum absolute atomic E-state index is 0.0876. The highest BCUT2D eigenvalue weighted by Gasteiger charge is 2.53. The molecule has 1 aromatic heterocycles. The number of benzene rings is 2. The van der Waals surface area contributed by atoms with Crippen molar-refractivity contribution < 1.29 is 28.3 Å². The van der Waals surface area contributed by atoms with Crippen LogP contribution in [0.2, 0.25) is 0 Å². The fourth-order valence-corrected chi connectivity index (χ4v) is 5.30. The number of carbonyl (C=O) groups excluding carboxylic acids is 4. The van der Waals surface area contributed by atoms with Crippen LogP contribution in [0.1, 0.15) is 45.9 Å². The van der Waals surface area contributed by atoms with Gasteiger partial charge in [-0.1, -0.05) is 26.0 Å². The van der Waals surface area contributed by atoms with Crippen LogP contribution >= 0.6 is 0 Å². The fraction of sp³-hybridized carbons (Fsp3) is 0.379. The third kappa shape index (κ3) is 4.66. The number of likely N-dealkylation sites (N-methyl/N-ethyl adjacent to an activating group) is 1. The maximum Gasteiger partial charge on any atom is 0.322 e. The van der Waals surface area contributed by atoms with Crippen LogP contribution in [0.15, 0.2) is 46.9 Å². The summed E-state index contributed by atoms with van der Waals surface area (Å²) >= 11 is 0. The van der Waals surface area contributed by atoms with Crippen LogP contribution < -0.4 is 15.4 Å². The first kappa shape index (κ1) is 27.2. The zero-order chi connectivity index (χ0) is 28.6. The van der Waals surface area contributed by atoms with Gasteiger partial charge in [0.05, 0.1) is 13.7 Å². The number of ether oxygens (including phenoxy) is 1. The van der Waals surface area contributed by atoms with E-state index in [0.717, 1.165) is 18.7 Å². The average molecular weight is 548 g/mol. The molecular formula is C29H33N5O6. The van der Waals surface area contributed by atoms with Crippen molar-refractivity contribution in [2.45, 2.75) is 25.9 Å². The topological polar surface area (TPSA) is 124 Å². The average Bonchev–Trinajstić information content (AvgIpc) is 3.62. The Morgan fingerprint density at radius 2 is 1.77 bits per heavy atom. The van der Waals surface area contributed by atoms with E-state index in [-0.39, 0.29) is 30.7 Å². The zero-order valence-electron chi connectivity index (χ0n) is 23.1. The number of carbonyl (C=O) groups is 4. The standard InChI is InChI=1S/C27H27N5O6.C2H6/c1-30-7-9-31(10-8-30)23(33)17-4-3-16-12-22(38-21(16)11-17)27(25(35)28-26(36)29-27)15-32-14-18-5-6-19(37-2)13-20(18)24(32)34;1-2/h3-6,11-13H,7-10,14-15H2,1-2H3,(H2,28,29,35,36);1-2H3/t27-;/m0./s1. The van der Waals surface area contributed by atoms with Crippen LogP contribution in [0.5, 0.6) is 5.75 Å². The van der Waals surface area contributed by atoms with Gasteiger partial charge in [-0.25, -0.2) is 4.79 Å². The van der Waals surface area contributed by atoms with E-state index in [1.807, 2.05) is 31.9 Å². The summed E-state index contributed by atoms with van der Waals surface area (Å²) in [7, 11) is 3.55. The minimum Gasteiger partial charge on any atom is -0.497 e. The third-order valence-electron chi connectivity index (χ3n) is 7.54. The maximum absolute atomic E-state index is 13.2. The lowest BCUT2D eigenvalue weighted by Gasteiger charge is -2.32. The molecule has 5 amide bonds. The lowest BCUT2D eigenvalue weighted by molar-refractivity contribution is -0.125. The number of urea groups is 1. The molecule has 2 fully saturated rings. The van der Waals surface area contributed by atoms with Gasteiger partial charge in [0.25, 0.3) is 17.7 Å². The van der Waals surface area contributed by atoms with Crippen LogP contribution in [-0.2, 0) is 16.9 Å². The quantitative estimate of drug-likeness (QED) is 0.471. The number of piperazine rings is 1. The third-order valence-corrected chi connectivity index (χ3v) is 7.54. The molecule has 0 spiro atoms. The molecule has 0 aliphatic carbocycles. The van der Waals surface area contributed by atoms with Crippen LogP contribution in [0.4, 0.5) is 4.79 Å². The first-order valence-corrected chi connectivity index (χ1v) is 13.4. The van der Waals surface area contributed by atoms with Crippen LogP contribution in [0.3, 0.4) is 0 Å². The summed E-state index contributed by atoms with van der Waals surface area (Å²) in [6.45, 7) is 7.04. The van der Waals surface area contributed by atoms with E-state index in [1.165, 1.54) is 12.0 Å². The second-order valence-electron chi connectivity index (χ2n) is 9.96. The van der Waals surface area contributed by atoms with Gasteiger partial charge in [0.1, 0.15) is 17.1 Å². The molecule has 0 bridgehead atoms. The lowest BCUT2D eigenvalue weighted by Crippen LogP contribution is -2.52. The molecule has 6 rings (SSSR count). The molecule has 3 aliphatic rings. The summed E-state index contributed by atoms with van der Waals surface area (Å²) in [6.07, 6.45) is 0. The summed E-state index contributed by atoms with van der Waals surface area (Å²) in [6, 6.07) is 11.4. The molecule has 3 aliphatic heterocycles. The molecule has 210 valence electrons. The SMILES string of the molecule is CC.COc1ccc2c(c1)C(=O)N(C[C@@]1(c3cc4ccc(C(=O)N5CCN(C)CC5)cc4o3)NC(=O)NC1=O)C2. The number of nitrogens with zero attached hydrogens (tertiary/aromatic N) is 3. The summed E-state index contributed by atoms with van der Waals surface area (Å²) in [5.41, 5.74) is 0.554. The predicted molar refractivity (Wildman–Crippen MR) is 147 cm³/mol. The number of imide groups is 1. The van der Waals surface area contributed by atoms with Gasteiger partial charge < -0.3 is 29.2 Å². The van der Waals surface area contributed by atoms with Crippen molar-refractivity contribution >= 4 is 34.7 Å². The van der Waals surface area contributed by atoms with Gasteiger partial charge in [-0.2, -0.15) is 0 Å². The highest BCUT2D eigenvalue weighted by Crippen LogP contribution is 2.35. The number of furan rings is 1. The Hall–Kier alpha value is -4.38. The number of fused-ring (bicyclic) bond motifs is 2.